The van der Waals surface area contributed by atoms with Gasteiger partial charge in [-0.3, -0.25) is 4.79 Å². The molecule has 0 unspecified atom stereocenters. The Hall–Kier alpha value is -2.40. The van der Waals surface area contributed by atoms with Crippen molar-refractivity contribution < 1.29 is 14.3 Å². The first-order chi connectivity index (χ1) is 10.6. The van der Waals surface area contributed by atoms with Crippen LogP contribution in [0.5, 0.6) is 11.5 Å². The van der Waals surface area contributed by atoms with Crippen molar-refractivity contribution in [2.45, 2.75) is 0 Å². The number of nitrogen functional groups attached to an aromatic ring is 1. The molecule has 0 aromatic heterocycles. The van der Waals surface area contributed by atoms with E-state index in [-0.39, 0.29) is 5.91 Å². The molecule has 0 fully saturated rings. The van der Waals surface area contributed by atoms with E-state index < -0.39 is 0 Å². The zero-order valence-electron chi connectivity index (χ0n) is 12.1. The summed E-state index contributed by atoms with van der Waals surface area (Å²) < 4.78 is 10.6. The minimum absolute atomic E-state index is 0.221. The van der Waals surface area contributed by atoms with Crippen molar-refractivity contribution in [3.05, 3.63) is 53.1 Å². The van der Waals surface area contributed by atoms with E-state index in [4.69, 9.17) is 26.8 Å². The molecule has 3 N–H and O–H groups in total. The van der Waals surface area contributed by atoms with Crippen LogP contribution in [0, 0.1) is 0 Å². The SMILES string of the molecule is COc1ccc(OCCNC(=O)c2ccc(Cl)c(N)c2)cc1. The van der Waals surface area contributed by atoms with Gasteiger partial charge >= 0.3 is 0 Å². The highest BCUT2D eigenvalue weighted by Crippen LogP contribution is 2.19. The van der Waals surface area contributed by atoms with Crippen molar-refractivity contribution in [3.8, 4) is 11.5 Å². The van der Waals surface area contributed by atoms with Crippen molar-refractivity contribution in [1.82, 2.24) is 5.32 Å². The van der Waals surface area contributed by atoms with Crippen LogP contribution in [0.1, 0.15) is 10.4 Å². The fraction of sp³-hybridized carbons (Fsp3) is 0.188. The largest absolute Gasteiger partial charge is 0.497 e. The van der Waals surface area contributed by atoms with Crippen LogP contribution in [0.15, 0.2) is 42.5 Å². The summed E-state index contributed by atoms with van der Waals surface area (Å²) in [6.07, 6.45) is 0. The van der Waals surface area contributed by atoms with Crippen molar-refractivity contribution >= 4 is 23.2 Å². The number of amides is 1. The molecule has 0 aliphatic rings. The highest BCUT2D eigenvalue weighted by molar-refractivity contribution is 6.33. The van der Waals surface area contributed by atoms with Crippen LogP contribution in [0.3, 0.4) is 0 Å². The average Bonchev–Trinajstić information content (AvgIpc) is 2.54. The van der Waals surface area contributed by atoms with Crippen molar-refractivity contribution in [2.75, 3.05) is 26.0 Å². The number of benzene rings is 2. The summed E-state index contributed by atoms with van der Waals surface area (Å²) in [5.41, 5.74) is 6.51. The van der Waals surface area contributed by atoms with E-state index in [0.717, 1.165) is 5.75 Å². The van der Waals surface area contributed by atoms with Crippen LogP contribution in [0.2, 0.25) is 5.02 Å². The Balaban J connectivity index is 1.77. The van der Waals surface area contributed by atoms with Crippen molar-refractivity contribution in [1.29, 1.82) is 0 Å². The molecular formula is C16H17ClN2O3. The van der Waals surface area contributed by atoms with Gasteiger partial charge in [0.15, 0.2) is 0 Å². The van der Waals surface area contributed by atoms with Gasteiger partial charge in [-0.25, -0.2) is 0 Å². The predicted molar refractivity (Wildman–Crippen MR) is 86.7 cm³/mol. The molecule has 5 nitrogen and oxygen atoms in total. The lowest BCUT2D eigenvalue weighted by atomic mass is 10.2. The number of halogens is 1. The van der Waals surface area contributed by atoms with Gasteiger partial charge in [0, 0.05) is 5.56 Å². The van der Waals surface area contributed by atoms with Gasteiger partial charge < -0.3 is 20.5 Å². The number of carbonyl (C=O) groups excluding carboxylic acids is 1. The van der Waals surface area contributed by atoms with Gasteiger partial charge in [0.1, 0.15) is 18.1 Å². The van der Waals surface area contributed by atoms with Crippen LogP contribution in [0.25, 0.3) is 0 Å². The van der Waals surface area contributed by atoms with Crippen molar-refractivity contribution in [2.24, 2.45) is 0 Å². The summed E-state index contributed by atoms with van der Waals surface area (Å²) in [4.78, 5) is 11.9. The van der Waals surface area contributed by atoms with Crippen LogP contribution in [-0.2, 0) is 0 Å². The molecule has 0 aliphatic heterocycles. The Morgan fingerprint density at radius 2 is 1.86 bits per heavy atom. The zero-order chi connectivity index (χ0) is 15.9. The molecule has 22 heavy (non-hydrogen) atoms. The Labute approximate surface area is 134 Å². The second-order valence-corrected chi connectivity index (χ2v) is 4.92. The second kappa shape index (κ2) is 7.56. The van der Waals surface area contributed by atoms with Gasteiger partial charge in [-0.05, 0) is 42.5 Å². The summed E-state index contributed by atoms with van der Waals surface area (Å²) >= 11 is 5.82. The molecule has 116 valence electrons. The first kappa shape index (κ1) is 16.0. The highest BCUT2D eigenvalue weighted by Gasteiger charge is 2.07. The van der Waals surface area contributed by atoms with Crippen LogP contribution >= 0.6 is 11.6 Å². The van der Waals surface area contributed by atoms with Gasteiger partial charge in [-0.1, -0.05) is 11.6 Å². The summed E-state index contributed by atoms with van der Waals surface area (Å²) in [6, 6.07) is 12.0. The minimum Gasteiger partial charge on any atom is -0.497 e. The highest BCUT2D eigenvalue weighted by atomic mass is 35.5. The Kier molecular flexibility index (Phi) is 5.49. The number of hydrogen-bond donors (Lipinski definition) is 2. The van der Waals surface area contributed by atoms with Gasteiger partial charge in [0.05, 0.1) is 24.4 Å². The molecule has 2 aromatic rings. The van der Waals surface area contributed by atoms with Crippen LogP contribution in [-0.4, -0.2) is 26.2 Å². The Morgan fingerprint density at radius 1 is 1.18 bits per heavy atom. The third kappa shape index (κ3) is 4.30. The fourth-order valence-corrected chi connectivity index (χ4v) is 1.91. The second-order valence-electron chi connectivity index (χ2n) is 4.52. The quantitative estimate of drug-likeness (QED) is 0.634. The third-order valence-corrected chi connectivity index (χ3v) is 3.32. The molecule has 0 atom stereocenters. The smallest absolute Gasteiger partial charge is 0.251 e. The molecule has 1 amide bonds. The standard InChI is InChI=1S/C16H17ClN2O3/c1-21-12-3-5-13(6-4-12)22-9-8-19-16(20)11-2-7-14(17)15(18)10-11/h2-7,10H,8-9,18H2,1H3,(H,19,20). The number of nitrogens with two attached hydrogens (primary N) is 1. The van der Waals surface area contributed by atoms with E-state index in [1.807, 2.05) is 12.1 Å². The van der Waals surface area contributed by atoms with E-state index in [9.17, 15) is 4.79 Å². The molecule has 0 bridgehead atoms. The number of nitrogens with one attached hydrogen (secondary N) is 1. The number of methoxy groups -OCH3 is 1. The predicted octanol–water partition coefficient (Wildman–Crippen LogP) is 2.74. The molecule has 0 heterocycles. The Morgan fingerprint density at radius 3 is 2.50 bits per heavy atom. The minimum atomic E-state index is -0.221. The first-order valence-electron chi connectivity index (χ1n) is 6.70. The van der Waals surface area contributed by atoms with Crippen LogP contribution < -0.4 is 20.5 Å². The maximum absolute atomic E-state index is 11.9. The number of rotatable bonds is 6. The molecule has 0 saturated heterocycles. The number of ether oxygens (including phenoxy) is 2. The first-order valence-corrected chi connectivity index (χ1v) is 7.08. The van der Waals surface area contributed by atoms with E-state index in [1.165, 1.54) is 0 Å². The molecule has 2 rings (SSSR count). The maximum Gasteiger partial charge on any atom is 0.251 e. The van der Waals surface area contributed by atoms with E-state index in [1.54, 1.807) is 37.4 Å². The molecule has 0 saturated carbocycles. The van der Waals surface area contributed by atoms with E-state index >= 15 is 0 Å². The van der Waals surface area contributed by atoms with Crippen LogP contribution in [0.4, 0.5) is 5.69 Å². The summed E-state index contributed by atoms with van der Waals surface area (Å²) in [6.45, 7) is 0.745. The summed E-state index contributed by atoms with van der Waals surface area (Å²) in [5, 5.41) is 3.18. The molecular weight excluding hydrogens is 304 g/mol. The molecule has 0 spiro atoms. The summed E-state index contributed by atoms with van der Waals surface area (Å²) in [7, 11) is 1.61. The van der Waals surface area contributed by atoms with Gasteiger partial charge in [-0.15, -0.1) is 0 Å². The summed E-state index contributed by atoms with van der Waals surface area (Å²) in [5.74, 6) is 1.26. The molecule has 2 aromatic carbocycles. The topological polar surface area (TPSA) is 73.6 Å². The number of anilines is 1. The molecule has 0 aliphatic carbocycles. The lowest BCUT2D eigenvalue weighted by Gasteiger charge is -2.09. The fourth-order valence-electron chi connectivity index (χ4n) is 1.79. The Bertz CT molecular complexity index is 644. The molecule has 6 heteroatoms. The molecule has 0 radical (unpaired) electrons. The number of carbonyl (C=O) groups is 1. The third-order valence-electron chi connectivity index (χ3n) is 2.97. The lowest BCUT2D eigenvalue weighted by molar-refractivity contribution is 0.0947. The normalized spacial score (nSPS) is 10.1. The average molecular weight is 321 g/mol. The lowest BCUT2D eigenvalue weighted by Crippen LogP contribution is -2.28. The van der Waals surface area contributed by atoms with Gasteiger partial charge in [-0.2, -0.15) is 0 Å². The zero-order valence-corrected chi connectivity index (χ0v) is 12.9. The number of hydrogen-bond acceptors (Lipinski definition) is 4. The van der Waals surface area contributed by atoms with Crippen molar-refractivity contribution in [3.63, 3.8) is 0 Å². The van der Waals surface area contributed by atoms with E-state index in [2.05, 4.69) is 5.32 Å². The maximum atomic E-state index is 11.9. The van der Waals surface area contributed by atoms with Gasteiger partial charge in [0.2, 0.25) is 0 Å². The van der Waals surface area contributed by atoms with E-state index in [0.29, 0.717) is 35.2 Å². The van der Waals surface area contributed by atoms with Gasteiger partial charge in [0.25, 0.3) is 5.91 Å². The monoisotopic (exact) mass is 320 g/mol.